The van der Waals surface area contributed by atoms with Gasteiger partial charge in [0.05, 0.1) is 36.6 Å². The van der Waals surface area contributed by atoms with E-state index in [1.54, 1.807) is 13.2 Å². The van der Waals surface area contributed by atoms with E-state index < -0.39 is 23.7 Å². The molecular weight excluding hydrogens is 404 g/mol. The first-order valence-electron chi connectivity index (χ1n) is 9.48. The molecule has 3 amide bonds. The number of benzene rings is 2. The molecule has 0 saturated carbocycles. The highest BCUT2D eigenvalue weighted by molar-refractivity contribution is 6.22. The Morgan fingerprint density at radius 3 is 2.39 bits per heavy atom. The van der Waals surface area contributed by atoms with Crippen LogP contribution in [0.5, 0.6) is 5.75 Å². The number of nitrogens with zero attached hydrogens (tertiary/aromatic N) is 1. The number of methoxy groups -OCH3 is 3. The fourth-order valence-corrected chi connectivity index (χ4v) is 3.23. The Bertz CT molecular complexity index is 1050. The summed E-state index contributed by atoms with van der Waals surface area (Å²) in [7, 11) is 4.23. The number of esters is 1. The summed E-state index contributed by atoms with van der Waals surface area (Å²) in [5.74, 6) is -1.61. The first-order chi connectivity index (χ1) is 14.9. The second-order valence-electron chi connectivity index (χ2n) is 6.73. The first-order valence-corrected chi connectivity index (χ1v) is 9.48. The van der Waals surface area contributed by atoms with Crippen molar-refractivity contribution < 1.29 is 33.4 Å². The van der Waals surface area contributed by atoms with Crippen LogP contribution in [0, 0.1) is 0 Å². The Morgan fingerprint density at radius 2 is 1.71 bits per heavy atom. The molecule has 0 bridgehead atoms. The molecule has 1 heterocycles. The third-order valence-electron chi connectivity index (χ3n) is 4.84. The number of ether oxygens (including phenoxy) is 3. The van der Waals surface area contributed by atoms with E-state index in [0.717, 1.165) is 4.90 Å². The molecule has 0 radical (unpaired) electrons. The van der Waals surface area contributed by atoms with E-state index in [1.165, 1.54) is 44.6 Å². The number of fused-ring (bicyclic) bond motifs is 1. The van der Waals surface area contributed by atoms with Gasteiger partial charge in [0.1, 0.15) is 5.75 Å². The largest absolute Gasteiger partial charge is 0.497 e. The van der Waals surface area contributed by atoms with Crippen LogP contribution in [0.3, 0.4) is 0 Å². The van der Waals surface area contributed by atoms with Crippen molar-refractivity contribution in [3.63, 3.8) is 0 Å². The smallest absolute Gasteiger partial charge is 0.340 e. The minimum Gasteiger partial charge on any atom is -0.497 e. The highest BCUT2D eigenvalue weighted by Gasteiger charge is 2.35. The summed E-state index contributed by atoms with van der Waals surface area (Å²) < 4.78 is 14.8. The Kier molecular flexibility index (Phi) is 6.66. The molecule has 0 spiro atoms. The number of carbonyl (C=O) groups is 4. The predicted octanol–water partition coefficient (Wildman–Crippen LogP) is 2.37. The van der Waals surface area contributed by atoms with Gasteiger partial charge >= 0.3 is 5.97 Å². The van der Waals surface area contributed by atoms with Gasteiger partial charge in [0.2, 0.25) is 0 Å². The number of amides is 3. The van der Waals surface area contributed by atoms with Gasteiger partial charge in [0, 0.05) is 25.8 Å². The van der Waals surface area contributed by atoms with Crippen LogP contribution in [0.2, 0.25) is 0 Å². The van der Waals surface area contributed by atoms with E-state index in [4.69, 9.17) is 14.2 Å². The zero-order valence-corrected chi connectivity index (χ0v) is 17.4. The maximum Gasteiger partial charge on any atom is 0.340 e. The third kappa shape index (κ3) is 4.41. The molecule has 0 aliphatic carbocycles. The SMILES string of the molecule is COCCCN1C(=O)c2ccc(C(=O)Nc3ccc(OC)cc3C(=O)OC)cc2C1=O. The van der Waals surface area contributed by atoms with Crippen LogP contribution in [0.25, 0.3) is 0 Å². The fraction of sp³-hybridized carbons (Fsp3) is 0.273. The van der Waals surface area contributed by atoms with Crippen molar-refractivity contribution in [3.05, 3.63) is 58.7 Å². The Balaban J connectivity index is 1.84. The van der Waals surface area contributed by atoms with Gasteiger partial charge < -0.3 is 19.5 Å². The summed E-state index contributed by atoms with van der Waals surface area (Å²) in [4.78, 5) is 51.1. The molecule has 0 unspecified atom stereocenters. The Hall–Kier alpha value is -3.72. The predicted molar refractivity (Wildman–Crippen MR) is 111 cm³/mol. The van der Waals surface area contributed by atoms with Crippen LogP contribution < -0.4 is 10.1 Å². The standard InChI is InChI=1S/C22H22N2O7/c1-29-10-4-9-24-20(26)15-7-5-13(11-16(15)21(24)27)19(25)23-18-8-6-14(30-2)12-17(18)22(28)31-3/h5-8,11-12H,4,9-10H2,1-3H3,(H,23,25). The van der Waals surface area contributed by atoms with E-state index in [1.807, 2.05) is 0 Å². The van der Waals surface area contributed by atoms with E-state index in [9.17, 15) is 19.2 Å². The highest BCUT2D eigenvalue weighted by Crippen LogP contribution is 2.26. The topological polar surface area (TPSA) is 111 Å². The Morgan fingerprint density at radius 1 is 0.968 bits per heavy atom. The number of imide groups is 1. The van der Waals surface area contributed by atoms with Crippen LogP contribution in [0.15, 0.2) is 36.4 Å². The Labute approximate surface area is 178 Å². The van der Waals surface area contributed by atoms with Crippen LogP contribution in [0.4, 0.5) is 5.69 Å². The second-order valence-corrected chi connectivity index (χ2v) is 6.73. The van der Waals surface area contributed by atoms with Crippen molar-refractivity contribution in [1.29, 1.82) is 0 Å². The van der Waals surface area contributed by atoms with E-state index in [2.05, 4.69) is 5.32 Å². The molecule has 162 valence electrons. The third-order valence-corrected chi connectivity index (χ3v) is 4.84. The number of carbonyl (C=O) groups excluding carboxylic acids is 4. The van der Waals surface area contributed by atoms with Crippen molar-refractivity contribution in [2.45, 2.75) is 6.42 Å². The summed E-state index contributed by atoms with van der Waals surface area (Å²) in [5.41, 5.74) is 0.926. The molecule has 1 N–H and O–H groups in total. The van der Waals surface area contributed by atoms with E-state index >= 15 is 0 Å². The van der Waals surface area contributed by atoms with Gasteiger partial charge in [-0.25, -0.2) is 4.79 Å². The van der Waals surface area contributed by atoms with Gasteiger partial charge in [-0.05, 0) is 42.8 Å². The lowest BCUT2D eigenvalue weighted by Gasteiger charge is -2.12. The van der Waals surface area contributed by atoms with Crippen LogP contribution in [-0.2, 0) is 9.47 Å². The maximum absolute atomic E-state index is 12.8. The molecule has 1 aliphatic heterocycles. The molecule has 0 fully saturated rings. The van der Waals surface area contributed by atoms with Gasteiger partial charge in [-0.1, -0.05) is 0 Å². The molecule has 0 atom stereocenters. The first kappa shape index (κ1) is 22.0. The van der Waals surface area contributed by atoms with Crippen molar-refractivity contribution in [2.75, 3.05) is 39.8 Å². The molecule has 1 aliphatic rings. The fourth-order valence-electron chi connectivity index (χ4n) is 3.23. The number of anilines is 1. The maximum atomic E-state index is 12.8. The molecule has 31 heavy (non-hydrogen) atoms. The highest BCUT2D eigenvalue weighted by atomic mass is 16.5. The monoisotopic (exact) mass is 426 g/mol. The summed E-state index contributed by atoms with van der Waals surface area (Å²) in [6.45, 7) is 0.654. The summed E-state index contributed by atoms with van der Waals surface area (Å²) in [6, 6.07) is 8.84. The normalized spacial score (nSPS) is 12.5. The molecule has 9 nitrogen and oxygen atoms in total. The molecule has 2 aromatic carbocycles. The zero-order valence-electron chi connectivity index (χ0n) is 17.4. The van der Waals surface area contributed by atoms with Crippen molar-refractivity contribution in [3.8, 4) is 5.75 Å². The second kappa shape index (κ2) is 9.40. The molecule has 2 aromatic rings. The lowest BCUT2D eigenvalue weighted by Crippen LogP contribution is -2.31. The molecule has 3 rings (SSSR count). The van der Waals surface area contributed by atoms with E-state index in [-0.39, 0.29) is 34.5 Å². The van der Waals surface area contributed by atoms with Crippen LogP contribution in [-0.4, -0.2) is 63.1 Å². The average Bonchev–Trinajstić information content (AvgIpc) is 3.03. The quantitative estimate of drug-likeness (QED) is 0.392. The van der Waals surface area contributed by atoms with Gasteiger partial charge in [0.25, 0.3) is 17.7 Å². The van der Waals surface area contributed by atoms with Gasteiger partial charge in [-0.15, -0.1) is 0 Å². The van der Waals surface area contributed by atoms with Gasteiger partial charge in [-0.3, -0.25) is 19.3 Å². The van der Waals surface area contributed by atoms with Crippen LogP contribution in [0.1, 0.15) is 47.9 Å². The number of rotatable bonds is 8. The summed E-state index contributed by atoms with van der Waals surface area (Å²) in [5, 5.41) is 2.64. The van der Waals surface area contributed by atoms with Gasteiger partial charge in [-0.2, -0.15) is 0 Å². The lowest BCUT2D eigenvalue weighted by atomic mass is 10.0. The molecule has 9 heteroatoms. The van der Waals surface area contributed by atoms with Gasteiger partial charge in [0.15, 0.2) is 0 Å². The lowest BCUT2D eigenvalue weighted by molar-refractivity contribution is 0.0598. The number of hydrogen-bond acceptors (Lipinski definition) is 7. The van der Waals surface area contributed by atoms with E-state index in [0.29, 0.717) is 18.8 Å². The summed E-state index contributed by atoms with van der Waals surface area (Å²) in [6.07, 6.45) is 0.517. The van der Waals surface area contributed by atoms with Crippen molar-refractivity contribution >= 4 is 29.4 Å². The summed E-state index contributed by atoms with van der Waals surface area (Å²) >= 11 is 0. The minimum atomic E-state index is -0.643. The molecule has 0 aromatic heterocycles. The minimum absolute atomic E-state index is 0.118. The van der Waals surface area contributed by atoms with Crippen molar-refractivity contribution in [2.24, 2.45) is 0 Å². The zero-order chi connectivity index (χ0) is 22.5. The molecular formula is C22H22N2O7. The number of hydrogen-bond donors (Lipinski definition) is 1. The number of nitrogens with one attached hydrogen (secondary N) is 1. The average molecular weight is 426 g/mol. The van der Waals surface area contributed by atoms with Crippen LogP contribution >= 0.6 is 0 Å². The molecule has 0 saturated heterocycles. The van der Waals surface area contributed by atoms with Crippen molar-refractivity contribution in [1.82, 2.24) is 4.90 Å².